The molecule has 0 aliphatic heterocycles. The Morgan fingerprint density at radius 1 is 1.35 bits per heavy atom. The summed E-state index contributed by atoms with van der Waals surface area (Å²) in [6, 6.07) is 8.19. The molecule has 1 heterocycles. The number of hydrogen-bond acceptors (Lipinski definition) is 3. The molecule has 0 atom stereocenters. The van der Waals surface area contributed by atoms with Crippen molar-refractivity contribution in [2.75, 3.05) is 12.4 Å². The van der Waals surface area contributed by atoms with Crippen molar-refractivity contribution in [2.45, 2.75) is 26.5 Å². The number of benzene rings is 1. The van der Waals surface area contributed by atoms with E-state index in [1.54, 1.807) is 7.11 Å². The van der Waals surface area contributed by atoms with Crippen molar-refractivity contribution >= 4 is 21.6 Å². The van der Waals surface area contributed by atoms with E-state index in [1.165, 1.54) is 0 Å². The first-order valence-corrected chi connectivity index (χ1v) is 7.47. The number of aromatic nitrogens is 2. The van der Waals surface area contributed by atoms with Crippen LogP contribution in [0.4, 0.5) is 5.69 Å². The predicted molar refractivity (Wildman–Crippen MR) is 84.8 cm³/mol. The first-order valence-electron chi connectivity index (χ1n) is 6.68. The second-order valence-corrected chi connectivity index (χ2v) is 5.42. The Bertz CT molecular complexity index is 580. The van der Waals surface area contributed by atoms with Gasteiger partial charge in [0.15, 0.2) is 0 Å². The molecule has 1 aromatic carbocycles. The van der Waals surface area contributed by atoms with Gasteiger partial charge in [0.05, 0.1) is 29.0 Å². The van der Waals surface area contributed by atoms with Crippen molar-refractivity contribution in [3.63, 3.8) is 0 Å². The van der Waals surface area contributed by atoms with Gasteiger partial charge in [-0.3, -0.25) is 4.68 Å². The number of methoxy groups -OCH3 is 1. The molecular weight excluding hydrogens is 318 g/mol. The molecule has 2 aromatic rings. The van der Waals surface area contributed by atoms with Gasteiger partial charge in [-0.25, -0.2) is 0 Å². The zero-order valence-corrected chi connectivity index (χ0v) is 13.7. The normalized spacial score (nSPS) is 10.8. The maximum atomic E-state index is 5.22. The van der Waals surface area contributed by atoms with Crippen molar-refractivity contribution < 1.29 is 4.74 Å². The molecule has 0 saturated heterocycles. The molecule has 1 N–H and O–H groups in total. The average molecular weight is 338 g/mol. The quantitative estimate of drug-likeness (QED) is 0.876. The van der Waals surface area contributed by atoms with E-state index in [0.29, 0.717) is 6.61 Å². The van der Waals surface area contributed by atoms with Crippen molar-refractivity contribution in [2.24, 2.45) is 7.05 Å². The lowest BCUT2D eigenvalue weighted by molar-refractivity contribution is 0.185. The highest BCUT2D eigenvalue weighted by Crippen LogP contribution is 2.23. The molecule has 0 unspecified atom stereocenters. The Kier molecular flexibility index (Phi) is 5.20. The van der Waals surface area contributed by atoms with Gasteiger partial charge in [-0.15, -0.1) is 0 Å². The van der Waals surface area contributed by atoms with Crippen LogP contribution in [0.1, 0.15) is 23.9 Å². The molecule has 0 fully saturated rings. The zero-order chi connectivity index (χ0) is 14.5. The van der Waals surface area contributed by atoms with Gasteiger partial charge in [0.2, 0.25) is 0 Å². The number of aryl methyl sites for hydroxylation is 2. The summed E-state index contributed by atoms with van der Waals surface area (Å²) in [5, 5.41) is 7.97. The van der Waals surface area contributed by atoms with Crippen LogP contribution in [0, 0.1) is 0 Å². The summed E-state index contributed by atoms with van der Waals surface area (Å²) in [7, 11) is 3.68. The highest BCUT2D eigenvalue weighted by Gasteiger charge is 2.12. The minimum Gasteiger partial charge on any atom is -0.380 e. The number of halogens is 1. The molecule has 0 radical (unpaired) electrons. The molecule has 5 heteroatoms. The lowest BCUT2D eigenvalue weighted by Crippen LogP contribution is -2.07. The van der Waals surface area contributed by atoms with Gasteiger partial charge in [-0.1, -0.05) is 25.1 Å². The molecule has 0 spiro atoms. The van der Waals surface area contributed by atoms with Crippen LogP contribution in [0.25, 0.3) is 0 Å². The lowest BCUT2D eigenvalue weighted by atomic mass is 10.2. The summed E-state index contributed by atoms with van der Waals surface area (Å²) in [4.78, 5) is 0. The van der Waals surface area contributed by atoms with Gasteiger partial charge in [-0.2, -0.15) is 5.10 Å². The first kappa shape index (κ1) is 15.1. The summed E-state index contributed by atoms with van der Waals surface area (Å²) < 4.78 is 8.24. The van der Waals surface area contributed by atoms with Crippen LogP contribution in [0.3, 0.4) is 0 Å². The van der Waals surface area contributed by atoms with Gasteiger partial charge in [0, 0.05) is 25.4 Å². The average Bonchev–Trinajstić information content (AvgIpc) is 2.73. The van der Waals surface area contributed by atoms with E-state index in [1.807, 2.05) is 23.9 Å². The fraction of sp³-hybridized carbons (Fsp3) is 0.400. The van der Waals surface area contributed by atoms with Crippen LogP contribution in [-0.2, 0) is 31.4 Å². The number of anilines is 1. The molecule has 0 amide bonds. The monoisotopic (exact) mass is 337 g/mol. The highest BCUT2D eigenvalue weighted by atomic mass is 79.9. The molecule has 0 saturated carbocycles. The molecular formula is C15H20BrN3O. The first-order chi connectivity index (χ1) is 9.67. The number of hydrogen-bond donors (Lipinski definition) is 1. The largest absolute Gasteiger partial charge is 0.380 e. The van der Waals surface area contributed by atoms with Gasteiger partial charge >= 0.3 is 0 Å². The molecule has 4 nitrogen and oxygen atoms in total. The van der Waals surface area contributed by atoms with Crippen molar-refractivity contribution in [1.82, 2.24) is 9.78 Å². The third-order valence-corrected chi connectivity index (χ3v) is 4.18. The van der Waals surface area contributed by atoms with Gasteiger partial charge in [-0.05, 0) is 28.4 Å². The van der Waals surface area contributed by atoms with Crippen LogP contribution in [0.5, 0.6) is 0 Å². The van der Waals surface area contributed by atoms with Crippen LogP contribution < -0.4 is 5.32 Å². The summed E-state index contributed by atoms with van der Waals surface area (Å²) >= 11 is 3.64. The molecule has 0 aliphatic rings. The van der Waals surface area contributed by atoms with Crippen LogP contribution in [-0.4, -0.2) is 16.9 Å². The van der Waals surface area contributed by atoms with Crippen molar-refractivity contribution in [3.8, 4) is 0 Å². The number of para-hydroxylation sites is 1. The maximum Gasteiger partial charge on any atom is 0.0767 e. The lowest BCUT2D eigenvalue weighted by Gasteiger charge is -2.12. The number of nitrogens with one attached hydrogen (secondary N) is 1. The predicted octanol–water partition coefficient (Wildman–Crippen LogP) is 3.50. The Morgan fingerprint density at radius 2 is 2.10 bits per heavy atom. The molecule has 2 rings (SSSR count). The summed E-state index contributed by atoms with van der Waals surface area (Å²) in [5.41, 5.74) is 4.49. The number of rotatable bonds is 6. The Morgan fingerprint density at radius 3 is 2.75 bits per heavy atom. The topological polar surface area (TPSA) is 39.1 Å². The van der Waals surface area contributed by atoms with Crippen LogP contribution >= 0.6 is 15.9 Å². The summed E-state index contributed by atoms with van der Waals surface area (Å²) in [5.74, 6) is 0. The minimum atomic E-state index is 0.607. The van der Waals surface area contributed by atoms with Crippen molar-refractivity contribution in [3.05, 3.63) is 45.7 Å². The Balaban J connectivity index is 2.15. The third-order valence-electron chi connectivity index (χ3n) is 3.27. The molecule has 1 aromatic heterocycles. The van der Waals surface area contributed by atoms with E-state index in [-0.39, 0.29) is 0 Å². The van der Waals surface area contributed by atoms with Crippen molar-refractivity contribution in [1.29, 1.82) is 0 Å². The third kappa shape index (κ3) is 3.22. The molecule has 0 bridgehead atoms. The van der Waals surface area contributed by atoms with Gasteiger partial charge < -0.3 is 10.1 Å². The van der Waals surface area contributed by atoms with Crippen LogP contribution in [0.2, 0.25) is 0 Å². The van der Waals surface area contributed by atoms with E-state index in [9.17, 15) is 0 Å². The molecule has 20 heavy (non-hydrogen) atoms. The smallest absolute Gasteiger partial charge is 0.0767 e. The second kappa shape index (κ2) is 6.90. The fourth-order valence-corrected chi connectivity index (χ4v) is 2.92. The Hall–Kier alpha value is -1.33. The SMILES string of the molecule is CCc1nn(C)c(CNc2ccccc2COC)c1Br. The van der Waals surface area contributed by atoms with Crippen LogP contribution in [0.15, 0.2) is 28.7 Å². The van der Waals surface area contributed by atoms with E-state index in [4.69, 9.17) is 4.74 Å². The Labute approximate surface area is 128 Å². The minimum absolute atomic E-state index is 0.607. The maximum absolute atomic E-state index is 5.22. The standard InChI is InChI=1S/C15H20BrN3O/c1-4-12-15(16)14(19(2)18-12)9-17-13-8-6-5-7-11(13)10-20-3/h5-8,17H,4,9-10H2,1-3H3. The van der Waals surface area contributed by atoms with E-state index in [0.717, 1.165) is 40.1 Å². The second-order valence-electron chi connectivity index (χ2n) is 4.63. The summed E-state index contributed by atoms with van der Waals surface area (Å²) in [6.45, 7) is 3.44. The van der Waals surface area contributed by atoms with Gasteiger partial charge in [0.1, 0.15) is 0 Å². The molecule has 108 valence electrons. The van der Waals surface area contributed by atoms with E-state index >= 15 is 0 Å². The van der Waals surface area contributed by atoms with Gasteiger partial charge in [0.25, 0.3) is 0 Å². The van der Waals surface area contributed by atoms with E-state index < -0.39 is 0 Å². The zero-order valence-electron chi connectivity index (χ0n) is 12.1. The van der Waals surface area contributed by atoms with E-state index in [2.05, 4.69) is 45.4 Å². The fourth-order valence-electron chi connectivity index (χ4n) is 2.16. The number of ether oxygens (including phenoxy) is 1. The summed E-state index contributed by atoms with van der Waals surface area (Å²) in [6.07, 6.45) is 0.925. The molecule has 0 aliphatic carbocycles. The highest BCUT2D eigenvalue weighted by molar-refractivity contribution is 9.10. The number of nitrogens with zero attached hydrogens (tertiary/aromatic N) is 2.